The minimum atomic E-state index is -0.241. The van der Waals surface area contributed by atoms with Gasteiger partial charge >= 0.3 is 0 Å². The van der Waals surface area contributed by atoms with Crippen LogP contribution >= 0.6 is 11.3 Å². The van der Waals surface area contributed by atoms with E-state index in [4.69, 9.17) is 4.74 Å². The second-order valence-electron chi connectivity index (χ2n) is 6.07. The molecule has 114 valence electrons. The normalized spacial score (nSPS) is 13.3. The smallest absolute Gasteiger partial charge is 0.263 e. The van der Waals surface area contributed by atoms with E-state index in [0.29, 0.717) is 17.2 Å². The van der Waals surface area contributed by atoms with Crippen molar-refractivity contribution in [1.29, 1.82) is 0 Å². The van der Waals surface area contributed by atoms with Gasteiger partial charge < -0.3 is 15.2 Å². The molecule has 0 radical (unpaired) electrons. The molecule has 2 N–H and O–H groups in total. The maximum absolute atomic E-state index is 12.2. The van der Waals surface area contributed by atoms with E-state index in [9.17, 15) is 9.90 Å². The molecular weight excluding hydrogens is 276 g/mol. The van der Waals surface area contributed by atoms with Crippen LogP contribution in [0.25, 0.3) is 0 Å². The van der Waals surface area contributed by atoms with E-state index in [1.54, 1.807) is 7.11 Å². The molecule has 1 unspecified atom stereocenters. The van der Waals surface area contributed by atoms with Gasteiger partial charge in [-0.3, -0.25) is 4.79 Å². The van der Waals surface area contributed by atoms with E-state index in [1.165, 1.54) is 11.3 Å². The van der Waals surface area contributed by atoms with E-state index < -0.39 is 0 Å². The highest BCUT2D eigenvalue weighted by atomic mass is 32.1. The maximum Gasteiger partial charge on any atom is 0.263 e. The van der Waals surface area contributed by atoms with Gasteiger partial charge in [0.25, 0.3) is 5.91 Å². The van der Waals surface area contributed by atoms with Crippen molar-refractivity contribution in [1.82, 2.24) is 10.3 Å². The Balaban J connectivity index is 2.74. The average molecular weight is 300 g/mol. The molecule has 5 nitrogen and oxygen atoms in total. The van der Waals surface area contributed by atoms with Crippen LogP contribution in [0.3, 0.4) is 0 Å². The fourth-order valence-electron chi connectivity index (χ4n) is 2.00. The molecule has 0 saturated heterocycles. The van der Waals surface area contributed by atoms with Gasteiger partial charge in [0.1, 0.15) is 9.88 Å². The summed E-state index contributed by atoms with van der Waals surface area (Å²) in [5.41, 5.74) is 0.747. The molecule has 0 aliphatic rings. The summed E-state index contributed by atoms with van der Waals surface area (Å²) in [6, 6.07) is -0.241. The summed E-state index contributed by atoms with van der Waals surface area (Å²) in [5.74, 6) is -0.175. The fraction of sp³-hybridized carbons (Fsp3) is 0.714. The van der Waals surface area contributed by atoms with Crippen LogP contribution in [0.5, 0.6) is 0 Å². The highest BCUT2D eigenvalue weighted by molar-refractivity contribution is 7.13. The van der Waals surface area contributed by atoms with Crippen LogP contribution < -0.4 is 5.32 Å². The van der Waals surface area contributed by atoms with Gasteiger partial charge in [-0.1, -0.05) is 20.8 Å². The zero-order chi connectivity index (χ0) is 15.3. The molecule has 6 heteroatoms. The molecule has 20 heavy (non-hydrogen) atoms. The average Bonchev–Trinajstić information content (AvgIpc) is 2.68. The van der Waals surface area contributed by atoms with E-state index in [2.05, 4.69) is 31.1 Å². The summed E-state index contributed by atoms with van der Waals surface area (Å²) in [7, 11) is 1.60. The number of hydrogen-bond acceptors (Lipinski definition) is 5. The van der Waals surface area contributed by atoms with Crippen molar-refractivity contribution in [2.24, 2.45) is 5.41 Å². The van der Waals surface area contributed by atoms with E-state index >= 15 is 0 Å². The summed E-state index contributed by atoms with van der Waals surface area (Å²) in [5, 5.41) is 13.1. The van der Waals surface area contributed by atoms with E-state index in [1.807, 2.05) is 6.92 Å². The number of carbonyl (C=O) groups is 1. The Morgan fingerprint density at radius 1 is 1.50 bits per heavy atom. The quantitative estimate of drug-likeness (QED) is 0.844. The van der Waals surface area contributed by atoms with Gasteiger partial charge in [0.2, 0.25) is 0 Å². The van der Waals surface area contributed by atoms with Crippen LogP contribution in [-0.2, 0) is 11.3 Å². The topological polar surface area (TPSA) is 71.5 Å². The summed E-state index contributed by atoms with van der Waals surface area (Å²) < 4.78 is 5.02. The number of aromatic nitrogens is 1. The Hall–Kier alpha value is -0.980. The first-order chi connectivity index (χ1) is 9.26. The monoisotopic (exact) mass is 300 g/mol. The third-order valence-corrected chi connectivity index (χ3v) is 3.86. The Morgan fingerprint density at radius 2 is 2.15 bits per heavy atom. The molecule has 1 aromatic heterocycles. The van der Waals surface area contributed by atoms with Crippen molar-refractivity contribution in [3.8, 4) is 0 Å². The van der Waals surface area contributed by atoms with Gasteiger partial charge in [0.05, 0.1) is 24.9 Å². The van der Waals surface area contributed by atoms with Crippen molar-refractivity contribution in [2.75, 3.05) is 13.7 Å². The molecular formula is C14H24N2O3S. The third kappa shape index (κ3) is 5.19. The number of ether oxygens (including phenoxy) is 1. The maximum atomic E-state index is 12.2. The third-order valence-electron chi connectivity index (χ3n) is 2.73. The first kappa shape index (κ1) is 17.1. The summed E-state index contributed by atoms with van der Waals surface area (Å²) in [6.07, 6.45) is 0.720. The molecule has 0 bridgehead atoms. The first-order valence-electron chi connectivity index (χ1n) is 6.64. The van der Waals surface area contributed by atoms with Gasteiger partial charge in [-0.15, -0.1) is 11.3 Å². The Bertz CT molecular complexity index is 452. The van der Waals surface area contributed by atoms with Crippen LogP contribution in [0.1, 0.15) is 47.6 Å². The molecule has 1 aromatic rings. The number of nitrogens with zero attached hydrogens (tertiary/aromatic N) is 1. The lowest BCUT2D eigenvalue weighted by atomic mass is 9.88. The minimum absolute atomic E-state index is 0.0463. The molecule has 0 aliphatic heterocycles. The predicted octanol–water partition coefficient (Wildman–Crippen LogP) is 2.12. The number of rotatable bonds is 6. The van der Waals surface area contributed by atoms with Crippen molar-refractivity contribution < 1.29 is 14.6 Å². The number of methoxy groups -OCH3 is 1. The predicted molar refractivity (Wildman–Crippen MR) is 80.0 cm³/mol. The highest BCUT2D eigenvalue weighted by Crippen LogP contribution is 2.22. The van der Waals surface area contributed by atoms with Gasteiger partial charge in [-0.25, -0.2) is 4.98 Å². The first-order valence-corrected chi connectivity index (χ1v) is 7.45. The van der Waals surface area contributed by atoms with Gasteiger partial charge in [0.15, 0.2) is 0 Å². The standard InChI is InChI=1S/C14H24N2O3S/c1-9-12(20-11(15-9)8-19-5)13(18)16-10(7-17)6-14(2,3)4/h10,17H,6-8H2,1-5H3,(H,16,18). The molecule has 0 aliphatic carbocycles. The minimum Gasteiger partial charge on any atom is -0.394 e. The lowest BCUT2D eigenvalue weighted by molar-refractivity contribution is 0.0901. The Morgan fingerprint density at radius 3 is 2.65 bits per heavy atom. The number of aliphatic hydroxyl groups excluding tert-OH is 1. The number of aryl methyl sites for hydroxylation is 1. The zero-order valence-corrected chi connectivity index (χ0v) is 13.6. The molecule has 1 amide bonds. The molecule has 1 rings (SSSR count). The molecule has 0 spiro atoms. The SMILES string of the molecule is COCc1nc(C)c(C(=O)NC(CO)CC(C)(C)C)s1. The van der Waals surface area contributed by atoms with E-state index in [0.717, 1.165) is 11.4 Å². The molecule has 0 saturated carbocycles. The molecule has 1 heterocycles. The van der Waals surface area contributed by atoms with Crippen LogP contribution in [-0.4, -0.2) is 35.8 Å². The lowest BCUT2D eigenvalue weighted by Gasteiger charge is -2.25. The second kappa shape index (κ2) is 7.15. The highest BCUT2D eigenvalue weighted by Gasteiger charge is 2.22. The van der Waals surface area contributed by atoms with Crippen LogP contribution in [0, 0.1) is 12.3 Å². The van der Waals surface area contributed by atoms with Gasteiger partial charge in [-0.05, 0) is 18.8 Å². The zero-order valence-electron chi connectivity index (χ0n) is 12.8. The fourth-order valence-corrected chi connectivity index (χ4v) is 2.94. The number of amides is 1. The summed E-state index contributed by atoms with van der Waals surface area (Å²) in [6.45, 7) is 8.39. The molecule has 0 aromatic carbocycles. The largest absolute Gasteiger partial charge is 0.394 e. The van der Waals surface area contributed by atoms with Crippen molar-refractivity contribution in [3.63, 3.8) is 0 Å². The molecule has 0 fully saturated rings. The van der Waals surface area contributed by atoms with Crippen molar-refractivity contribution in [3.05, 3.63) is 15.6 Å². The number of thiazole rings is 1. The number of nitrogens with one attached hydrogen (secondary N) is 1. The van der Waals surface area contributed by atoms with Gasteiger partial charge in [-0.2, -0.15) is 0 Å². The number of aliphatic hydroxyl groups is 1. The summed E-state index contributed by atoms with van der Waals surface area (Å²) >= 11 is 1.33. The lowest BCUT2D eigenvalue weighted by Crippen LogP contribution is -2.39. The number of carbonyl (C=O) groups excluding carboxylic acids is 1. The Kier molecular flexibility index (Phi) is 6.10. The number of hydrogen-bond donors (Lipinski definition) is 2. The van der Waals surface area contributed by atoms with Gasteiger partial charge in [0, 0.05) is 7.11 Å². The van der Waals surface area contributed by atoms with Crippen LogP contribution in [0.15, 0.2) is 0 Å². The van der Waals surface area contributed by atoms with Crippen LogP contribution in [0.2, 0.25) is 0 Å². The Labute approximate surface area is 124 Å². The van der Waals surface area contributed by atoms with Crippen molar-refractivity contribution >= 4 is 17.2 Å². The molecule has 1 atom stereocenters. The van der Waals surface area contributed by atoms with E-state index in [-0.39, 0.29) is 24.0 Å². The van der Waals surface area contributed by atoms with Crippen LogP contribution in [0.4, 0.5) is 0 Å². The van der Waals surface area contributed by atoms with Crippen molar-refractivity contribution in [2.45, 2.75) is 46.8 Å². The second-order valence-corrected chi connectivity index (χ2v) is 7.16. The summed E-state index contributed by atoms with van der Waals surface area (Å²) in [4.78, 5) is 17.1.